The highest BCUT2D eigenvalue weighted by atomic mass is 16.7. The van der Waals surface area contributed by atoms with Gasteiger partial charge in [0, 0.05) is 12.8 Å². The van der Waals surface area contributed by atoms with E-state index in [1.165, 1.54) is 276 Å². The average molecular weight is 1160 g/mol. The number of rotatable bonds is 63. The zero-order valence-electron chi connectivity index (χ0n) is 53.7. The number of aliphatic hydroxyl groups is 5. The molecule has 0 aromatic carbocycles. The Bertz CT molecular complexity index is 1410. The number of hydrogen-bond donors (Lipinski definition) is 6. The normalized spacial score (nSPS) is 18.3. The molecule has 1 saturated heterocycles. The molecule has 0 aromatic heterocycles. The lowest BCUT2D eigenvalue weighted by Crippen LogP contribution is -2.60. The molecule has 0 spiro atoms. The number of hydrogen-bond acceptors (Lipinski definition) is 10. The van der Waals surface area contributed by atoms with Crippen molar-refractivity contribution in [3.63, 3.8) is 0 Å². The molecule has 0 bridgehead atoms. The van der Waals surface area contributed by atoms with Gasteiger partial charge in [-0.05, 0) is 44.9 Å². The van der Waals surface area contributed by atoms with Crippen molar-refractivity contribution in [3.05, 3.63) is 24.3 Å². The Morgan fingerprint density at radius 1 is 0.439 bits per heavy atom. The molecule has 11 heteroatoms. The minimum absolute atomic E-state index is 0.0127. The molecule has 7 atom stereocenters. The Balaban J connectivity index is 1.94. The van der Waals surface area contributed by atoms with Gasteiger partial charge in [-0.2, -0.15) is 0 Å². The molecule has 11 nitrogen and oxygen atoms in total. The van der Waals surface area contributed by atoms with Gasteiger partial charge in [0.2, 0.25) is 5.91 Å². The minimum atomic E-state index is -1.57. The van der Waals surface area contributed by atoms with Crippen LogP contribution in [-0.2, 0) is 23.8 Å². The number of carbonyl (C=O) groups excluding carboxylic acids is 2. The van der Waals surface area contributed by atoms with E-state index in [0.29, 0.717) is 19.4 Å². The third kappa shape index (κ3) is 49.3. The van der Waals surface area contributed by atoms with Crippen LogP contribution in [0.25, 0.3) is 0 Å². The molecule has 1 aliphatic rings. The van der Waals surface area contributed by atoms with Gasteiger partial charge >= 0.3 is 5.97 Å². The van der Waals surface area contributed by atoms with Gasteiger partial charge < -0.3 is 45.1 Å². The molecule has 0 saturated carbocycles. The van der Waals surface area contributed by atoms with E-state index in [4.69, 9.17) is 14.2 Å². The number of ether oxygens (including phenoxy) is 3. The summed E-state index contributed by atoms with van der Waals surface area (Å²) in [7, 11) is 0. The maximum absolute atomic E-state index is 13.1. The highest BCUT2D eigenvalue weighted by Gasteiger charge is 2.44. The van der Waals surface area contributed by atoms with Crippen molar-refractivity contribution >= 4 is 11.9 Å². The van der Waals surface area contributed by atoms with Crippen LogP contribution in [0.3, 0.4) is 0 Å². The van der Waals surface area contributed by atoms with Crippen LogP contribution in [0.5, 0.6) is 0 Å². The van der Waals surface area contributed by atoms with Gasteiger partial charge in [0.25, 0.3) is 0 Å². The second-order valence-electron chi connectivity index (χ2n) is 24.9. The summed E-state index contributed by atoms with van der Waals surface area (Å²) in [6, 6.07) is -0.823. The molecule has 484 valence electrons. The lowest BCUT2D eigenvalue weighted by atomic mass is 9.99. The maximum atomic E-state index is 13.1. The molecule has 1 heterocycles. The molecule has 0 radical (unpaired) electrons. The van der Waals surface area contributed by atoms with Crippen LogP contribution in [0.1, 0.15) is 354 Å². The molecular formula is C71H135NO10. The van der Waals surface area contributed by atoms with Crippen LogP contribution in [-0.4, -0.2) is 100 Å². The fourth-order valence-electron chi connectivity index (χ4n) is 11.5. The summed E-state index contributed by atoms with van der Waals surface area (Å²) in [6.45, 7) is 4.35. The summed E-state index contributed by atoms with van der Waals surface area (Å²) in [4.78, 5) is 25.1. The first-order valence-corrected chi connectivity index (χ1v) is 35.6. The number of nitrogens with one attached hydrogen (secondary N) is 1. The summed E-state index contributed by atoms with van der Waals surface area (Å²) >= 11 is 0. The second kappa shape index (κ2) is 60.8. The van der Waals surface area contributed by atoms with E-state index in [1.54, 1.807) is 6.08 Å². The Kier molecular flexibility index (Phi) is 58.0. The highest BCUT2D eigenvalue weighted by molar-refractivity contribution is 5.76. The van der Waals surface area contributed by atoms with Crippen molar-refractivity contribution in [3.8, 4) is 0 Å². The smallest absolute Gasteiger partial charge is 0.305 e. The SMILES string of the molecule is CCCCCCCC/C=C/CC/C=C/C(O)C(COC1OC(CO)C(O)C(O)C1O)NC(=O)CCCCCCCCCCCCCCCCCCCCCCCCCCCCCCCCCOC(=O)CCCCCCCCCCCCC. The number of esters is 1. The van der Waals surface area contributed by atoms with Crippen molar-refractivity contribution in [2.24, 2.45) is 0 Å². The Hall–Kier alpha value is -1.86. The van der Waals surface area contributed by atoms with Crippen LogP contribution in [0, 0.1) is 0 Å². The molecule has 1 fully saturated rings. The zero-order chi connectivity index (χ0) is 59.5. The van der Waals surface area contributed by atoms with Crippen molar-refractivity contribution in [2.75, 3.05) is 19.8 Å². The van der Waals surface area contributed by atoms with Gasteiger partial charge in [-0.3, -0.25) is 9.59 Å². The first-order chi connectivity index (χ1) is 40.2. The average Bonchev–Trinajstić information content (AvgIpc) is 3.68. The van der Waals surface area contributed by atoms with E-state index in [-0.39, 0.29) is 18.5 Å². The molecule has 6 N–H and O–H groups in total. The van der Waals surface area contributed by atoms with E-state index in [1.807, 2.05) is 6.08 Å². The maximum Gasteiger partial charge on any atom is 0.305 e. The third-order valence-electron chi connectivity index (χ3n) is 17.1. The number of unbranched alkanes of at least 4 members (excludes halogenated alkanes) is 47. The Morgan fingerprint density at radius 3 is 1.21 bits per heavy atom. The largest absolute Gasteiger partial charge is 0.466 e. The van der Waals surface area contributed by atoms with E-state index in [0.717, 1.165) is 51.4 Å². The molecule has 0 aromatic rings. The van der Waals surface area contributed by atoms with Crippen molar-refractivity contribution in [1.82, 2.24) is 5.32 Å². The quantitative estimate of drug-likeness (QED) is 0.0195. The van der Waals surface area contributed by atoms with Crippen LogP contribution >= 0.6 is 0 Å². The summed E-state index contributed by atoms with van der Waals surface area (Å²) in [5, 5.41) is 54.4. The molecular weight excluding hydrogens is 1030 g/mol. The van der Waals surface area contributed by atoms with Crippen LogP contribution in [0.4, 0.5) is 0 Å². The van der Waals surface area contributed by atoms with Gasteiger partial charge in [-0.1, -0.05) is 321 Å². The molecule has 1 amide bonds. The van der Waals surface area contributed by atoms with Crippen molar-refractivity contribution in [1.29, 1.82) is 0 Å². The van der Waals surface area contributed by atoms with Gasteiger partial charge in [0.15, 0.2) is 6.29 Å². The number of aliphatic hydroxyl groups excluding tert-OH is 5. The van der Waals surface area contributed by atoms with Crippen molar-refractivity contribution in [2.45, 2.75) is 397 Å². The molecule has 7 unspecified atom stereocenters. The highest BCUT2D eigenvalue weighted by Crippen LogP contribution is 2.23. The van der Waals surface area contributed by atoms with Gasteiger partial charge in [0.1, 0.15) is 24.4 Å². The predicted molar refractivity (Wildman–Crippen MR) is 343 cm³/mol. The summed E-state index contributed by atoms with van der Waals surface area (Å²) in [6.07, 6.45) is 66.1. The lowest BCUT2D eigenvalue weighted by Gasteiger charge is -2.40. The van der Waals surface area contributed by atoms with Gasteiger partial charge in [0.05, 0.1) is 32.0 Å². The van der Waals surface area contributed by atoms with Gasteiger partial charge in [-0.25, -0.2) is 0 Å². The third-order valence-corrected chi connectivity index (χ3v) is 17.1. The van der Waals surface area contributed by atoms with E-state index >= 15 is 0 Å². The molecule has 1 aliphatic heterocycles. The molecule has 0 aliphatic carbocycles. The number of carbonyl (C=O) groups is 2. The van der Waals surface area contributed by atoms with Crippen molar-refractivity contribution < 1.29 is 49.3 Å². The molecule has 82 heavy (non-hydrogen) atoms. The number of amides is 1. The van der Waals surface area contributed by atoms with Crippen LogP contribution in [0.2, 0.25) is 0 Å². The fraction of sp³-hybridized carbons (Fsp3) is 0.915. The van der Waals surface area contributed by atoms with Crippen LogP contribution in [0.15, 0.2) is 24.3 Å². The molecule has 1 rings (SSSR count). The monoisotopic (exact) mass is 1160 g/mol. The first-order valence-electron chi connectivity index (χ1n) is 35.6. The van der Waals surface area contributed by atoms with E-state index in [2.05, 4.69) is 31.3 Å². The zero-order valence-corrected chi connectivity index (χ0v) is 53.7. The van der Waals surface area contributed by atoms with E-state index in [9.17, 15) is 35.1 Å². The Labute approximate surface area is 505 Å². The topological polar surface area (TPSA) is 175 Å². The van der Waals surface area contributed by atoms with Gasteiger partial charge in [-0.15, -0.1) is 0 Å². The number of allylic oxidation sites excluding steroid dienone is 3. The second-order valence-corrected chi connectivity index (χ2v) is 24.9. The summed E-state index contributed by atoms with van der Waals surface area (Å²) < 4.78 is 16.7. The first kappa shape index (κ1) is 78.2. The predicted octanol–water partition coefficient (Wildman–Crippen LogP) is 18.0. The van der Waals surface area contributed by atoms with E-state index < -0.39 is 49.5 Å². The standard InChI is InChI=1S/C71H135NO10/c1-3-5-7-9-11-13-15-38-41-45-49-53-57-64(74)63(62-81-71-70(79)69(78)68(77)65(61-73)82-71)72-66(75)58-54-50-46-42-39-35-33-31-29-27-25-23-21-19-17-16-18-20-22-24-26-28-30-32-34-36-40-44-48-52-56-60-80-67(76)59-55-51-47-43-37-14-12-10-8-6-4-2/h38,41,53,57,63-65,68-71,73-74,77-79H,3-37,39-40,42-52,54-56,58-62H2,1-2H3,(H,72,75)/b41-38+,57-53+. The summed E-state index contributed by atoms with van der Waals surface area (Å²) in [5.74, 6) is -0.174. The minimum Gasteiger partial charge on any atom is -0.466 e. The lowest BCUT2D eigenvalue weighted by molar-refractivity contribution is -0.302. The Morgan fingerprint density at radius 2 is 0.793 bits per heavy atom. The van der Waals surface area contributed by atoms with Crippen LogP contribution < -0.4 is 5.32 Å². The summed E-state index contributed by atoms with van der Waals surface area (Å²) in [5.41, 5.74) is 0. The fourth-order valence-corrected chi connectivity index (χ4v) is 11.5.